The third-order valence-corrected chi connectivity index (χ3v) is 4.21. The summed E-state index contributed by atoms with van der Waals surface area (Å²) in [5, 5.41) is 6.03. The molecule has 2 rings (SSSR count). The predicted octanol–water partition coefficient (Wildman–Crippen LogP) is 4.13. The maximum absolute atomic E-state index is 12.1. The minimum absolute atomic E-state index is 0.196. The van der Waals surface area contributed by atoms with Crippen LogP contribution in [0.5, 0.6) is 5.75 Å². The van der Waals surface area contributed by atoms with Gasteiger partial charge in [0.15, 0.2) is 6.10 Å². The number of amides is 2. The van der Waals surface area contributed by atoms with Gasteiger partial charge < -0.3 is 15.4 Å². The van der Waals surface area contributed by atoms with Crippen molar-refractivity contribution in [1.29, 1.82) is 0 Å². The lowest BCUT2D eigenvalue weighted by Gasteiger charge is -2.16. The second-order valence-electron chi connectivity index (χ2n) is 5.94. The fourth-order valence-electron chi connectivity index (χ4n) is 2.17. The summed E-state index contributed by atoms with van der Waals surface area (Å²) in [7, 11) is 0. The number of ether oxygens (including phenoxy) is 1. The number of rotatable bonds is 6. The average Bonchev–Trinajstić information content (AvgIpc) is 2.58. The Balaban J connectivity index is 1.87. The van der Waals surface area contributed by atoms with Crippen LogP contribution in [0.15, 0.2) is 36.4 Å². The van der Waals surface area contributed by atoms with E-state index >= 15 is 0 Å². The Kier molecular flexibility index (Phi) is 6.89. The molecule has 0 radical (unpaired) electrons. The molecule has 26 heavy (non-hydrogen) atoms. The third-order valence-electron chi connectivity index (χ3n) is 3.58. The van der Waals surface area contributed by atoms with E-state index in [4.69, 9.17) is 27.9 Å². The molecule has 2 amide bonds. The molecule has 0 heterocycles. The first-order chi connectivity index (χ1) is 12.3. The standard InChI is InChI=1S/C19H20Cl2N2O3/c1-11-5-7-16(15(21)8-11)23-18(24)10-22-19(25)13(3)26-17-9-12(2)4-6-14(17)20/h4-9,13H,10H2,1-3H3,(H,22,25)(H,23,24). The SMILES string of the molecule is Cc1ccc(NC(=O)CNC(=O)C(C)Oc2cc(C)ccc2Cl)c(Cl)c1. The summed E-state index contributed by atoms with van der Waals surface area (Å²) >= 11 is 12.1. The van der Waals surface area contributed by atoms with E-state index < -0.39 is 12.0 Å². The van der Waals surface area contributed by atoms with Crippen LogP contribution in [0, 0.1) is 13.8 Å². The maximum atomic E-state index is 12.1. The minimum atomic E-state index is -0.801. The first-order valence-electron chi connectivity index (χ1n) is 8.03. The smallest absolute Gasteiger partial charge is 0.261 e. The van der Waals surface area contributed by atoms with Gasteiger partial charge in [0, 0.05) is 0 Å². The molecule has 0 spiro atoms. The molecule has 138 valence electrons. The number of carbonyl (C=O) groups excluding carboxylic acids is 2. The van der Waals surface area contributed by atoms with E-state index in [-0.39, 0.29) is 12.5 Å². The average molecular weight is 395 g/mol. The molecule has 1 unspecified atom stereocenters. The van der Waals surface area contributed by atoms with E-state index in [9.17, 15) is 9.59 Å². The highest BCUT2D eigenvalue weighted by Gasteiger charge is 2.17. The molecule has 0 aromatic heterocycles. The highest BCUT2D eigenvalue weighted by atomic mass is 35.5. The topological polar surface area (TPSA) is 67.4 Å². The van der Waals surface area contributed by atoms with Gasteiger partial charge in [0.25, 0.3) is 5.91 Å². The van der Waals surface area contributed by atoms with Gasteiger partial charge in [0.2, 0.25) is 5.91 Å². The van der Waals surface area contributed by atoms with Crippen LogP contribution >= 0.6 is 23.2 Å². The lowest BCUT2D eigenvalue weighted by molar-refractivity contribution is -0.129. The summed E-state index contributed by atoms with van der Waals surface area (Å²) in [5.74, 6) is -0.386. The van der Waals surface area contributed by atoms with E-state index in [2.05, 4.69) is 10.6 Å². The molecule has 0 bridgehead atoms. The van der Waals surface area contributed by atoms with Gasteiger partial charge >= 0.3 is 0 Å². The van der Waals surface area contributed by atoms with Crippen molar-refractivity contribution in [2.75, 3.05) is 11.9 Å². The van der Waals surface area contributed by atoms with Crippen LogP contribution in [-0.4, -0.2) is 24.5 Å². The van der Waals surface area contributed by atoms with Gasteiger partial charge in [0.05, 0.1) is 22.3 Å². The van der Waals surface area contributed by atoms with Gasteiger partial charge in [0.1, 0.15) is 5.75 Å². The van der Waals surface area contributed by atoms with Crippen LogP contribution in [-0.2, 0) is 9.59 Å². The Bertz CT molecular complexity index is 824. The Hall–Kier alpha value is -2.24. The number of nitrogens with one attached hydrogen (secondary N) is 2. The first kappa shape index (κ1) is 20.1. The molecule has 2 aromatic rings. The molecule has 2 N–H and O–H groups in total. The van der Waals surface area contributed by atoms with Crippen LogP contribution in [0.25, 0.3) is 0 Å². The summed E-state index contributed by atoms with van der Waals surface area (Å²) in [5.41, 5.74) is 2.45. The molecular weight excluding hydrogens is 375 g/mol. The lowest BCUT2D eigenvalue weighted by Crippen LogP contribution is -2.40. The summed E-state index contributed by atoms with van der Waals surface area (Å²) in [6.45, 7) is 5.19. The predicted molar refractivity (Wildman–Crippen MR) is 104 cm³/mol. The molecule has 0 aliphatic rings. The quantitative estimate of drug-likeness (QED) is 0.773. The van der Waals surface area contributed by atoms with Gasteiger partial charge in [-0.25, -0.2) is 0 Å². The number of carbonyl (C=O) groups is 2. The number of hydrogen-bond donors (Lipinski definition) is 2. The molecule has 2 aromatic carbocycles. The van der Waals surface area contributed by atoms with E-state index in [0.717, 1.165) is 11.1 Å². The van der Waals surface area contributed by atoms with Crippen molar-refractivity contribution in [3.8, 4) is 5.75 Å². The van der Waals surface area contributed by atoms with Crippen LogP contribution in [0.3, 0.4) is 0 Å². The number of benzene rings is 2. The zero-order valence-electron chi connectivity index (χ0n) is 14.7. The first-order valence-corrected chi connectivity index (χ1v) is 8.78. The fourth-order valence-corrected chi connectivity index (χ4v) is 2.62. The van der Waals surface area contributed by atoms with Crippen molar-refractivity contribution in [3.63, 3.8) is 0 Å². The normalized spacial score (nSPS) is 11.6. The molecular formula is C19H20Cl2N2O3. The number of halogens is 2. The second kappa shape index (κ2) is 8.92. The van der Waals surface area contributed by atoms with Crippen LogP contribution < -0.4 is 15.4 Å². The van der Waals surface area contributed by atoms with E-state index in [1.807, 2.05) is 26.0 Å². The second-order valence-corrected chi connectivity index (χ2v) is 6.76. The third kappa shape index (κ3) is 5.64. The van der Waals surface area contributed by atoms with E-state index in [1.54, 1.807) is 31.2 Å². The van der Waals surface area contributed by atoms with Crippen LogP contribution in [0.1, 0.15) is 18.1 Å². The van der Waals surface area contributed by atoms with E-state index in [1.165, 1.54) is 0 Å². The van der Waals surface area contributed by atoms with Crippen molar-refractivity contribution in [3.05, 3.63) is 57.6 Å². The monoisotopic (exact) mass is 394 g/mol. The Morgan fingerprint density at radius 2 is 1.69 bits per heavy atom. The van der Waals surface area contributed by atoms with Crippen LogP contribution in [0.2, 0.25) is 10.0 Å². The number of anilines is 1. The molecule has 0 aliphatic carbocycles. The maximum Gasteiger partial charge on any atom is 0.261 e. The molecule has 0 fully saturated rings. The Morgan fingerprint density at radius 3 is 2.38 bits per heavy atom. The zero-order chi connectivity index (χ0) is 19.3. The van der Waals surface area contributed by atoms with Crippen molar-refractivity contribution in [2.45, 2.75) is 26.9 Å². The van der Waals surface area contributed by atoms with Crippen molar-refractivity contribution < 1.29 is 14.3 Å². The summed E-state index contributed by atoms with van der Waals surface area (Å²) in [6, 6.07) is 10.6. The Labute approximate surface area is 162 Å². The zero-order valence-corrected chi connectivity index (χ0v) is 16.2. The number of hydrogen-bond acceptors (Lipinski definition) is 3. The van der Waals surface area contributed by atoms with Crippen molar-refractivity contribution >= 4 is 40.7 Å². The van der Waals surface area contributed by atoms with Crippen molar-refractivity contribution in [2.24, 2.45) is 0 Å². The highest BCUT2D eigenvalue weighted by Crippen LogP contribution is 2.26. The van der Waals surface area contributed by atoms with Gasteiger partial charge in [-0.1, -0.05) is 35.3 Å². The van der Waals surface area contributed by atoms with E-state index in [0.29, 0.717) is 21.5 Å². The fraction of sp³-hybridized carbons (Fsp3) is 0.263. The van der Waals surface area contributed by atoms with Gasteiger partial charge in [-0.3, -0.25) is 9.59 Å². The number of aryl methyl sites for hydroxylation is 2. The van der Waals surface area contributed by atoms with Gasteiger partial charge in [-0.15, -0.1) is 0 Å². The summed E-state index contributed by atoms with van der Waals surface area (Å²) in [4.78, 5) is 24.1. The Morgan fingerprint density at radius 1 is 1.04 bits per heavy atom. The van der Waals surface area contributed by atoms with Crippen LogP contribution in [0.4, 0.5) is 5.69 Å². The lowest BCUT2D eigenvalue weighted by atomic mass is 10.2. The molecule has 0 saturated carbocycles. The minimum Gasteiger partial charge on any atom is -0.479 e. The molecule has 5 nitrogen and oxygen atoms in total. The van der Waals surface area contributed by atoms with Gasteiger partial charge in [-0.05, 0) is 56.2 Å². The highest BCUT2D eigenvalue weighted by molar-refractivity contribution is 6.33. The van der Waals surface area contributed by atoms with Crippen molar-refractivity contribution in [1.82, 2.24) is 5.32 Å². The molecule has 7 heteroatoms. The molecule has 0 saturated heterocycles. The largest absolute Gasteiger partial charge is 0.479 e. The summed E-state index contributed by atoms with van der Waals surface area (Å²) < 4.78 is 5.57. The van der Waals surface area contributed by atoms with Gasteiger partial charge in [-0.2, -0.15) is 0 Å². The summed E-state index contributed by atoms with van der Waals surface area (Å²) in [6.07, 6.45) is -0.801. The molecule has 1 atom stereocenters. The molecule has 0 aliphatic heterocycles.